The summed E-state index contributed by atoms with van der Waals surface area (Å²) in [5.74, 6) is 0.937. The molecule has 0 saturated heterocycles. The van der Waals surface area contributed by atoms with Crippen molar-refractivity contribution >= 4 is 5.69 Å². The SMILES string of the molecule is C=CCCC(C)Nc1ccc(OC(C)C)cc1C. The second-order valence-corrected chi connectivity index (χ2v) is 5.05. The van der Waals surface area contributed by atoms with Crippen molar-refractivity contribution < 1.29 is 4.74 Å². The van der Waals surface area contributed by atoms with Gasteiger partial charge in [0.1, 0.15) is 5.75 Å². The maximum atomic E-state index is 5.68. The molecule has 2 nitrogen and oxygen atoms in total. The molecule has 0 fully saturated rings. The van der Waals surface area contributed by atoms with E-state index in [0.29, 0.717) is 6.04 Å². The molecule has 0 aliphatic carbocycles. The topological polar surface area (TPSA) is 21.3 Å². The van der Waals surface area contributed by atoms with Crippen molar-refractivity contribution in [3.8, 4) is 5.75 Å². The fraction of sp³-hybridized carbons (Fsp3) is 0.500. The summed E-state index contributed by atoms with van der Waals surface area (Å²) in [5.41, 5.74) is 2.40. The molecule has 2 heteroatoms. The van der Waals surface area contributed by atoms with Gasteiger partial charge in [0.05, 0.1) is 6.10 Å². The van der Waals surface area contributed by atoms with Gasteiger partial charge in [0.25, 0.3) is 0 Å². The predicted molar refractivity (Wildman–Crippen MR) is 79.5 cm³/mol. The van der Waals surface area contributed by atoms with E-state index >= 15 is 0 Å². The first-order valence-electron chi connectivity index (χ1n) is 6.67. The monoisotopic (exact) mass is 247 g/mol. The van der Waals surface area contributed by atoms with Crippen molar-refractivity contribution in [1.82, 2.24) is 0 Å². The zero-order chi connectivity index (χ0) is 13.5. The van der Waals surface area contributed by atoms with Gasteiger partial charge in [0, 0.05) is 11.7 Å². The van der Waals surface area contributed by atoms with Crippen LogP contribution in [0, 0.1) is 6.92 Å². The Kier molecular flexibility index (Phi) is 5.76. The zero-order valence-electron chi connectivity index (χ0n) is 12.0. The molecule has 1 atom stereocenters. The van der Waals surface area contributed by atoms with Gasteiger partial charge in [0.2, 0.25) is 0 Å². The predicted octanol–water partition coefficient (Wildman–Crippen LogP) is 4.55. The molecule has 0 aliphatic heterocycles. The molecule has 1 unspecified atom stereocenters. The molecule has 18 heavy (non-hydrogen) atoms. The van der Waals surface area contributed by atoms with Crippen LogP contribution in [0.4, 0.5) is 5.69 Å². The standard InChI is InChI=1S/C16H25NO/c1-6-7-8-14(5)17-16-10-9-15(11-13(16)4)18-12(2)3/h6,9-12,14,17H,1,7-8H2,2-5H3. The summed E-state index contributed by atoms with van der Waals surface area (Å²) in [6, 6.07) is 6.66. The number of hydrogen-bond donors (Lipinski definition) is 1. The highest BCUT2D eigenvalue weighted by Gasteiger charge is 2.05. The van der Waals surface area contributed by atoms with Crippen molar-refractivity contribution in [2.24, 2.45) is 0 Å². The summed E-state index contributed by atoms with van der Waals surface area (Å²) in [5, 5.41) is 3.52. The number of allylic oxidation sites excluding steroid dienone is 1. The number of rotatable bonds is 7. The Morgan fingerprint density at radius 1 is 1.33 bits per heavy atom. The summed E-state index contributed by atoms with van der Waals surface area (Å²) in [6.07, 6.45) is 4.33. The summed E-state index contributed by atoms with van der Waals surface area (Å²) in [4.78, 5) is 0. The molecular formula is C16H25NO. The average molecular weight is 247 g/mol. The van der Waals surface area contributed by atoms with Gasteiger partial charge in [-0.3, -0.25) is 0 Å². The van der Waals surface area contributed by atoms with E-state index in [1.54, 1.807) is 0 Å². The van der Waals surface area contributed by atoms with Gasteiger partial charge in [-0.25, -0.2) is 0 Å². The minimum atomic E-state index is 0.217. The molecule has 100 valence electrons. The van der Waals surface area contributed by atoms with Crippen LogP contribution in [0.2, 0.25) is 0 Å². The van der Waals surface area contributed by atoms with Crippen LogP contribution in [0.3, 0.4) is 0 Å². The quantitative estimate of drug-likeness (QED) is 0.714. The highest BCUT2D eigenvalue weighted by Crippen LogP contribution is 2.23. The maximum absolute atomic E-state index is 5.68. The van der Waals surface area contributed by atoms with Gasteiger partial charge in [0.15, 0.2) is 0 Å². The Balaban J connectivity index is 2.64. The lowest BCUT2D eigenvalue weighted by Crippen LogP contribution is -2.15. The van der Waals surface area contributed by atoms with Gasteiger partial charge in [-0.1, -0.05) is 6.08 Å². The van der Waals surface area contributed by atoms with Crippen molar-refractivity contribution in [1.29, 1.82) is 0 Å². The zero-order valence-corrected chi connectivity index (χ0v) is 12.0. The fourth-order valence-corrected chi connectivity index (χ4v) is 1.85. The number of nitrogens with one attached hydrogen (secondary N) is 1. The van der Waals surface area contributed by atoms with Gasteiger partial charge in [-0.2, -0.15) is 0 Å². The van der Waals surface area contributed by atoms with Gasteiger partial charge in [-0.05, 0) is 64.3 Å². The van der Waals surface area contributed by atoms with Crippen LogP contribution >= 0.6 is 0 Å². The highest BCUT2D eigenvalue weighted by molar-refractivity contribution is 5.54. The Morgan fingerprint density at radius 3 is 2.61 bits per heavy atom. The Labute approximate surface area is 111 Å². The Morgan fingerprint density at radius 2 is 2.06 bits per heavy atom. The largest absolute Gasteiger partial charge is 0.491 e. The second-order valence-electron chi connectivity index (χ2n) is 5.05. The normalized spacial score (nSPS) is 12.3. The van der Waals surface area contributed by atoms with Crippen LogP contribution in [0.15, 0.2) is 30.9 Å². The molecule has 1 rings (SSSR count). The van der Waals surface area contributed by atoms with Crippen LogP contribution in [0.5, 0.6) is 5.75 Å². The molecule has 0 spiro atoms. The van der Waals surface area contributed by atoms with E-state index in [-0.39, 0.29) is 6.10 Å². The van der Waals surface area contributed by atoms with E-state index in [9.17, 15) is 0 Å². The van der Waals surface area contributed by atoms with E-state index in [1.165, 1.54) is 11.3 Å². The fourth-order valence-electron chi connectivity index (χ4n) is 1.85. The summed E-state index contributed by atoms with van der Waals surface area (Å²) < 4.78 is 5.68. The third kappa shape index (κ3) is 4.82. The third-order valence-corrected chi connectivity index (χ3v) is 2.78. The van der Waals surface area contributed by atoms with Crippen LogP contribution in [-0.2, 0) is 0 Å². The molecule has 0 radical (unpaired) electrons. The molecule has 0 bridgehead atoms. The Hall–Kier alpha value is -1.44. The number of aryl methyl sites for hydroxylation is 1. The molecule has 1 N–H and O–H groups in total. The van der Waals surface area contributed by atoms with Gasteiger partial charge >= 0.3 is 0 Å². The van der Waals surface area contributed by atoms with Crippen LogP contribution < -0.4 is 10.1 Å². The first kappa shape index (κ1) is 14.6. The summed E-state index contributed by atoms with van der Waals surface area (Å²) in [7, 11) is 0. The van der Waals surface area contributed by atoms with E-state index < -0.39 is 0 Å². The van der Waals surface area contributed by atoms with E-state index in [2.05, 4.69) is 37.9 Å². The van der Waals surface area contributed by atoms with E-state index in [0.717, 1.165) is 18.6 Å². The molecule has 0 aromatic heterocycles. The average Bonchev–Trinajstić information content (AvgIpc) is 2.29. The molecular weight excluding hydrogens is 222 g/mol. The minimum Gasteiger partial charge on any atom is -0.491 e. The highest BCUT2D eigenvalue weighted by atomic mass is 16.5. The smallest absolute Gasteiger partial charge is 0.120 e. The van der Waals surface area contributed by atoms with Crippen molar-refractivity contribution in [2.45, 2.75) is 52.7 Å². The molecule has 1 aromatic rings. The maximum Gasteiger partial charge on any atom is 0.120 e. The third-order valence-electron chi connectivity index (χ3n) is 2.78. The van der Waals surface area contributed by atoms with Crippen LogP contribution in [0.25, 0.3) is 0 Å². The summed E-state index contributed by atoms with van der Waals surface area (Å²) >= 11 is 0. The van der Waals surface area contributed by atoms with E-state index in [4.69, 9.17) is 4.74 Å². The molecule has 0 amide bonds. The lowest BCUT2D eigenvalue weighted by atomic mass is 10.1. The van der Waals surface area contributed by atoms with E-state index in [1.807, 2.05) is 26.0 Å². The van der Waals surface area contributed by atoms with Crippen LogP contribution in [-0.4, -0.2) is 12.1 Å². The number of hydrogen-bond acceptors (Lipinski definition) is 2. The van der Waals surface area contributed by atoms with Gasteiger partial charge in [-0.15, -0.1) is 6.58 Å². The minimum absolute atomic E-state index is 0.217. The number of anilines is 1. The van der Waals surface area contributed by atoms with Crippen molar-refractivity contribution in [2.75, 3.05) is 5.32 Å². The second kappa shape index (κ2) is 7.10. The van der Waals surface area contributed by atoms with Crippen molar-refractivity contribution in [3.63, 3.8) is 0 Å². The van der Waals surface area contributed by atoms with Crippen LogP contribution in [0.1, 0.15) is 39.2 Å². The van der Waals surface area contributed by atoms with Crippen molar-refractivity contribution in [3.05, 3.63) is 36.4 Å². The first-order valence-corrected chi connectivity index (χ1v) is 6.67. The number of ether oxygens (including phenoxy) is 1. The molecule has 0 heterocycles. The summed E-state index contributed by atoms with van der Waals surface area (Å²) in [6.45, 7) is 12.1. The Bertz CT molecular complexity index is 385. The molecule has 0 saturated carbocycles. The molecule has 0 aliphatic rings. The molecule has 1 aromatic carbocycles. The lowest BCUT2D eigenvalue weighted by molar-refractivity contribution is 0.242. The lowest BCUT2D eigenvalue weighted by Gasteiger charge is -2.18. The van der Waals surface area contributed by atoms with Gasteiger partial charge < -0.3 is 10.1 Å². The first-order chi connectivity index (χ1) is 8.52. The number of benzene rings is 1.